The van der Waals surface area contributed by atoms with Gasteiger partial charge in [-0.05, 0) is 49.7 Å². The summed E-state index contributed by atoms with van der Waals surface area (Å²) in [5, 5.41) is 21.7. The Morgan fingerprint density at radius 2 is 1.50 bits per heavy atom. The van der Waals surface area contributed by atoms with Crippen LogP contribution in [0.2, 0.25) is 0 Å². The summed E-state index contributed by atoms with van der Waals surface area (Å²) < 4.78 is 5.26. The number of nitrogens with two attached hydrogens (primary N) is 2. The lowest BCUT2D eigenvalue weighted by Gasteiger charge is -2.27. The second kappa shape index (κ2) is 20.4. The molecule has 0 radical (unpaired) electrons. The van der Waals surface area contributed by atoms with Crippen molar-refractivity contribution in [3.8, 4) is 0 Å². The molecule has 13 nitrogen and oxygen atoms in total. The largest absolute Gasteiger partial charge is 0.445 e. The minimum atomic E-state index is -1.14. The zero-order valence-electron chi connectivity index (χ0n) is 26.9. The molecule has 4 atom stereocenters. The topological polar surface area (TPSA) is 210 Å². The second-order valence-corrected chi connectivity index (χ2v) is 11.5. The summed E-state index contributed by atoms with van der Waals surface area (Å²) in [6, 6.07) is 16.0. The van der Waals surface area contributed by atoms with Crippen molar-refractivity contribution in [2.75, 3.05) is 13.1 Å². The van der Waals surface area contributed by atoms with Gasteiger partial charge >= 0.3 is 6.09 Å². The van der Waals surface area contributed by atoms with E-state index in [1.807, 2.05) is 62.4 Å². The van der Waals surface area contributed by atoms with Crippen LogP contribution in [0.5, 0.6) is 0 Å². The first kappa shape index (κ1) is 37.5. The fourth-order valence-corrected chi connectivity index (χ4v) is 4.58. The van der Waals surface area contributed by atoms with Gasteiger partial charge in [0, 0.05) is 13.1 Å². The summed E-state index contributed by atoms with van der Waals surface area (Å²) in [7, 11) is 0. The number of alkyl carbamates (subject to hydrolysis) is 1. The molecule has 0 unspecified atom stereocenters. The van der Waals surface area contributed by atoms with Crippen LogP contribution in [-0.2, 0) is 32.1 Å². The van der Waals surface area contributed by atoms with Crippen LogP contribution in [0.25, 0.3) is 0 Å². The van der Waals surface area contributed by atoms with Crippen LogP contribution in [0.3, 0.4) is 0 Å². The van der Waals surface area contributed by atoms with E-state index in [-0.39, 0.29) is 43.8 Å². The highest BCUT2D eigenvalue weighted by Crippen LogP contribution is 2.12. The van der Waals surface area contributed by atoms with Gasteiger partial charge in [-0.2, -0.15) is 0 Å². The minimum absolute atomic E-state index is 0.0123. The average molecular weight is 640 g/mol. The summed E-state index contributed by atoms with van der Waals surface area (Å²) in [4.78, 5) is 55.3. The van der Waals surface area contributed by atoms with Crippen LogP contribution in [0.15, 0.2) is 65.7 Å². The Morgan fingerprint density at radius 3 is 2.11 bits per heavy atom. The fraction of sp³-hybridized carbons (Fsp3) is 0.485. The quantitative estimate of drug-likeness (QED) is 0.0678. The van der Waals surface area contributed by atoms with E-state index in [1.54, 1.807) is 12.1 Å². The van der Waals surface area contributed by atoms with E-state index in [0.717, 1.165) is 11.1 Å². The van der Waals surface area contributed by atoms with Crippen molar-refractivity contribution in [3.63, 3.8) is 0 Å². The predicted molar refractivity (Wildman–Crippen MR) is 176 cm³/mol. The molecule has 0 saturated carbocycles. The number of ether oxygens (including phenoxy) is 1. The Morgan fingerprint density at radius 1 is 0.870 bits per heavy atom. The molecule has 0 fully saturated rings. The van der Waals surface area contributed by atoms with Crippen molar-refractivity contribution in [3.05, 3.63) is 71.8 Å². The molecule has 0 aromatic heterocycles. The zero-order valence-corrected chi connectivity index (χ0v) is 26.9. The maximum absolute atomic E-state index is 13.2. The van der Waals surface area contributed by atoms with Crippen LogP contribution in [0, 0.1) is 5.92 Å². The first-order valence-electron chi connectivity index (χ1n) is 15.6. The van der Waals surface area contributed by atoms with Crippen molar-refractivity contribution in [1.29, 1.82) is 0 Å². The van der Waals surface area contributed by atoms with E-state index in [9.17, 15) is 24.3 Å². The van der Waals surface area contributed by atoms with E-state index >= 15 is 0 Å². The van der Waals surface area contributed by atoms with E-state index in [2.05, 4.69) is 26.3 Å². The van der Waals surface area contributed by atoms with Gasteiger partial charge in [0.05, 0.1) is 18.6 Å². The second-order valence-electron chi connectivity index (χ2n) is 11.5. The Kier molecular flexibility index (Phi) is 16.6. The molecular weight excluding hydrogens is 590 g/mol. The Hall–Kier alpha value is -4.65. The van der Waals surface area contributed by atoms with Crippen LogP contribution < -0.4 is 32.7 Å². The predicted octanol–water partition coefficient (Wildman–Crippen LogP) is 1.48. The summed E-state index contributed by atoms with van der Waals surface area (Å²) in [5.74, 6) is -1.48. The molecule has 9 N–H and O–H groups in total. The number of nitrogens with zero attached hydrogens (tertiary/aromatic N) is 1. The Bertz CT molecular complexity index is 1260. The van der Waals surface area contributed by atoms with Crippen LogP contribution in [-0.4, -0.2) is 72.2 Å². The minimum Gasteiger partial charge on any atom is -0.445 e. The number of hydrogen-bond donors (Lipinski definition) is 7. The van der Waals surface area contributed by atoms with Gasteiger partial charge in [-0.3, -0.25) is 19.4 Å². The highest BCUT2D eigenvalue weighted by Gasteiger charge is 2.29. The lowest BCUT2D eigenvalue weighted by molar-refractivity contribution is -0.131. The first-order valence-corrected chi connectivity index (χ1v) is 15.6. The number of carbonyl (C=O) groups excluding carboxylic acids is 4. The number of rotatable bonds is 19. The first-order chi connectivity index (χ1) is 21.9. The smallest absolute Gasteiger partial charge is 0.408 e. The Balaban J connectivity index is 1.95. The molecule has 0 spiro atoms. The number of aliphatic imine (C=N–C) groups is 1. The summed E-state index contributed by atoms with van der Waals surface area (Å²) in [6.07, 6.45) is -0.536. The molecule has 0 bridgehead atoms. The summed E-state index contributed by atoms with van der Waals surface area (Å²) >= 11 is 0. The number of aliphatic hydroxyl groups is 1. The fourth-order valence-electron chi connectivity index (χ4n) is 4.58. The van der Waals surface area contributed by atoms with E-state index < -0.39 is 42.1 Å². The van der Waals surface area contributed by atoms with Gasteiger partial charge in [0.25, 0.3) is 0 Å². The van der Waals surface area contributed by atoms with Gasteiger partial charge in [0.2, 0.25) is 17.7 Å². The third-order valence-electron chi connectivity index (χ3n) is 7.01. The number of carbonyl (C=O) groups is 4. The lowest BCUT2D eigenvalue weighted by atomic mass is 9.96. The highest BCUT2D eigenvalue weighted by molar-refractivity contribution is 5.91. The summed E-state index contributed by atoms with van der Waals surface area (Å²) in [6.45, 7) is 6.03. The molecular formula is C33H49N7O6. The number of nitrogens with one attached hydrogen (secondary N) is 4. The zero-order chi connectivity index (χ0) is 33.9. The van der Waals surface area contributed by atoms with Crippen molar-refractivity contribution in [2.24, 2.45) is 22.4 Å². The molecule has 2 rings (SSSR count). The number of guanidine groups is 1. The molecule has 13 heteroatoms. The van der Waals surface area contributed by atoms with Crippen molar-refractivity contribution < 1.29 is 29.0 Å². The standard InChI is InChI=1S/C33H49N7O6/c1-22(2)19-27(28(41)20-29(42)36-18-16-24-11-6-4-7-12-24)39-30(43)23(3)38-31(44)26(15-10-17-37-32(34)35)40-33(45)46-21-25-13-8-5-9-14-25/h4-9,11-14,22-23,26-28,41H,10,15-21H2,1-3H3,(H,36,42)(H,38,44)(H,39,43)(H,40,45)(H4,34,35,37)/t23-,26-,27-,28-/m0/s1. The van der Waals surface area contributed by atoms with Crippen molar-refractivity contribution >= 4 is 29.8 Å². The molecule has 2 aromatic rings. The van der Waals surface area contributed by atoms with Crippen LogP contribution >= 0.6 is 0 Å². The molecule has 0 aliphatic carbocycles. The van der Waals surface area contributed by atoms with E-state index in [4.69, 9.17) is 16.2 Å². The van der Waals surface area contributed by atoms with Crippen LogP contribution in [0.4, 0.5) is 4.79 Å². The average Bonchev–Trinajstić information content (AvgIpc) is 3.01. The maximum Gasteiger partial charge on any atom is 0.408 e. The molecule has 0 heterocycles. The summed E-state index contributed by atoms with van der Waals surface area (Å²) in [5.41, 5.74) is 12.6. The number of benzene rings is 2. The maximum atomic E-state index is 13.2. The molecule has 46 heavy (non-hydrogen) atoms. The molecule has 0 aliphatic rings. The van der Waals surface area contributed by atoms with Gasteiger partial charge in [-0.1, -0.05) is 74.5 Å². The van der Waals surface area contributed by atoms with Gasteiger partial charge in [0.1, 0.15) is 18.7 Å². The third kappa shape index (κ3) is 15.4. The normalized spacial score (nSPS) is 13.4. The van der Waals surface area contributed by atoms with Gasteiger partial charge in [-0.15, -0.1) is 0 Å². The van der Waals surface area contributed by atoms with Gasteiger partial charge < -0.3 is 42.6 Å². The number of aliphatic hydroxyl groups excluding tert-OH is 1. The number of hydrogen-bond acceptors (Lipinski definition) is 7. The lowest BCUT2D eigenvalue weighted by Crippen LogP contribution is -2.55. The third-order valence-corrected chi connectivity index (χ3v) is 7.01. The molecule has 252 valence electrons. The van der Waals surface area contributed by atoms with Crippen LogP contribution in [0.1, 0.15) is 57.6 Å². The van der Waals surface area contributed by atoms with Crippen molar-refractivity contribution in [2.45, 2.75) is 83.7 Å². The van der Waals surface area contributed by atoms with E-state index in [0.29, 0.717) is 25.8 Å². The van der Waals surface area contributed by atoms with Gasteiger partial charge in [-0.25, -0.2) is 4.79 Å². The Labute approximate surface area is 270 Å². The molecule has 0 saturated heterocycles. The van der Waals surface area contributed by atoms with E-state index in [1.165, 1.54) is 6.92 Å². The SMILES string of the molecule is CC(C)C[C@H](NC(=O)[C@H](C)NC(=O)[C@H](CCCN=C(N)N)NC(=O)OCc1ccccc1)[C@@H](O)CC(=O)NCCc1ccccc1. The molecule has 2 aromatic carbocycles. The molecule has 4 amide bonds. The highest BCUT2D eigenvalue weighted by atomic mass is 16.5. The monoisotopic (exact) mass is 639 g/mol. The van der Waals surface area contributed by atoms with Gasteiger partial charge in [0.15, 0.2) is 5.96 Å². The molecule has 0 aliphatic heterocycles. The van der Waals surface area contributed by atoms with Crippen molar-refractivity contribution in [1.82, 2.24) is 21.3 Å². The number of amides is 4.